The van der Waals surface area contributed by atoms with E-state index in [4.69, 9.17) is 19.2 Å². The first kappa shape index (κ1) is 23.7. The number of methoxy groups -OCH3 is 2. The summed E-state index contributed by atoms with van der Waals surface area (Å²) in [4.78, 5) is 4.94. The Morgan fingerprint density at radius 1 is 0.824 bits per heavy atom. The van der Waals surface area contributed by atoms with Crippen molar-refractivity contribution >= 4 is 11.0 Å². The van der Waals surface area contributed by atoms with Gasteiger partial charge in [0.25, 0.3) is 0 Å². The molecule has 0 spiro atoms. The second-order valence-electron chi connectivity index (χ2n) is 8.78. The molecule has 0 bridgehead atoms. The molecule has 4 aromatic rings. The van der Waals surface area contributed by atoms with Gasteiger partial charge >= 0.3 is 0 Å². The van der Waals surface area contributed by atoms with Crippen LogP contribution in [0.15, 0.2) is 66.7 Å². The summed E-state index contributed by atoms with van der Waals surface area (Å²) in [7, 11) is 3.32. The van der Waals surface area contributed by atoms with Crippen LogP contribution in [0.3, 0.4) is 0 Å². The first-order chi connectivity index (χ1) is 16.6. The van der Waals surface area contributed by atoms with E-state index in [0.29, 0.717) is 12.5 Å². The summed E-state index contributed by atoms with van der Waals surface area (Å²) >= 11 is 0. The van der Waals surface area contributed by atoms with Gasteiger partial charge in [0.2, 0.25) is 0 Å². The number of benzene rings is 3. The highest BCUT2D eigenvalue weighted by Gasteiger charge is 2.13. The average Bonchev–Trinajstić information content (AvgIpc) is 3.20. The number of imidazole rings is 1. The number of para-hydroxylation sites is 3. The summed E-state index contributed by atoms with van der Waals surface area (Å²) in [6, 6.07) is 22.7. The summed E-state index contributed by atoms with van der Waals surface area (Å²) < 4.78 is 19.3. The molecule has 0 radical (unpaired) electrons. The minimum Gasteiger partial charge on any atom is -0.493 e. The lowest BCUT2D eigenvalue weighted by molar-refractivity contribution is 0.299. The molecule has 1 aromatic heterocycles. The van der Waals surface area contributed by atoms with Crippen LogP contribution in [0.1, 0.15) is 49.6 Å². The van der Waals surface area contributed by atoms with Gasteiger partial charge in [-0.3, -0.25) is 0 Å². The van der Waals surface area contributed by atoms with E-state index in [0.717, 1.165) is 60.0 Å². The highest BCUT2D eigenvalue weighted by molar-refractivity contribution is 5.76. The van der Waals surface area contributed by atoms with Crippen LogP contribution < -0.4 is 14.2 Å². The number of ether oxygens (including phenoxy) is 3. The van der Waals surface area contributed by atoms with Gasteiger partial charge in [0.1, 0.15) is 11.6 Å². The van der Waals surface area contributed by atoms with Crippen LogP contribution in [0.4, 0.5) is 0 Å². The third-order valence-corrected chi connectivity index (χ3v) is 6.12. The highest BCUT2D eigenvalue weighted by atomic mass is 16.5. The number of nitrogens with zero attached hydrogens (tertiary/aromatic N) is 2. The molecule has 1 heterocycles. The van der Waals surface area contributed by atoms with Gasteiger partial charge in [0, 0.05) is 13.0 Å². The van der Waals surface area contributed by atoms with Crippen molar-refractivity contribution in [1.29, 1.82) is 0 Å². The number of aryl methyl sites for hydroxylation is 1. The van der Waals surface area contributed by atoms with Crippen LogP contribution in [0.5, 0.6) is 17.2 Å². The van der Waals surface area contributed by atoms with Crippen LogP contribution in [-0.4, -0.2) is 30.4 Å². The summed E-state index contributed by atoms with van der Waals surface area (Å²) in [6.45, 7) is 6.01. The lowest BCUT2D eigenvalue weighted by Gasteiger charge is -2.14. The third kappa shape index (κ3) is 5.36. The number of rotatable bonds is 11. The maximum absolute atomic E-state index is 6.13. The van der Waals surface area contributed by atoms with E-state index in [9.17, 15) is 0 Å². The second kappa shape index (κ2) is 11.1. The van der Waals surface area contributed by atoms with Gasteiger partial charge in [-0.15, -0.1) is 0 Å². The molecular formula is C29H34N2O3. The molecule has 0 N–H and O–H groups in total. The van der Waals surface area contributed by atoms with Crippen molar-refractivity contribution in [3.8, 4) is 17.2 Å². The van der Waals surface area contributed by atoms with Crippen molar-refractivity contribution in [2.24, 2.45) is 0 Å². The fourth-order valence-electron chi connectivity index (χ4n) is 4.33. The number of aromatic nitrogens is 2. The monoisotopic (exact) mass is 458 g/mol. The standard InChI is InChI=1S/C29H34N2O3/c1-21(2)23-11-5-8-14-26(23)34-18-10-9-17-31-25-13-7-6-12-24(25)30-29(31)20-22-15-16-27(32-3)28(19-22)33-4/h5-8,11-16,19,21H,9-10,17-18,20H2,1-4H3. The zero-order chi connectivity index (χ0) is 23.9. The summed E-state index contributed by atoms with van der Waals surface area (Å²) in [5, 5.41) is 0. The molecule has 0 saturated heterocycles. The molecule has 34 heavy (non-hydrogen) atoms. The lowest BCUT2D eigenvalue weighted by atomic mass is 10.0. The lowest BCUT2D eigenvalue weighted by Crippen LogP contribution is -2.07. The zero-order valence-corrected chi connectivity index (χ0v) is 20.6. The fourth-order valence-corrected chi connectivity index (χ4v) is 4.33. The fraction of sp³-hybridized carbons (Fsp3) is 0.345. The Kier molecular flexibility index (Phi) is 7.73. The molecule has 0 fully saturated rings. The van der Waals surface area contributed by atoms with E-state index < -0.39 is 0 Å². The van der Waals surface area contributed by atoms with Crippen molar-refractivity contribution in [1.82, 2.24) is 9.55 Å². The second-order valence-corrected chi connectivity index (χ2v) is 8.78. The van der Waals surface area contributed by atoms with Gasteiger partial charge in [-0.25, -0.2) is 4.98 Å². The molecule has 0 aliphatic heterocycles. The third-order valence-electron chi connectivity index (χ3n) is 6.12. The topological polar surface area (TPSA) is 45.5 Å². The van der Waals surface area contributed by atoms with Crippen molar-refractivity contribution in [3.05, 3.63) is 83.7 Å². The number of fused-ring (bicyclic) bond motifs is 1. The van der Waals surface area contributed by atoms with Crippen LogP contribution in [0.25, 0.3) is 11.0 Å². The van der Waals surface area contributed by atoms with E-state index in [1.807, 2.05) is 24.3 Å². The molecule has 0 atom stereocenters. The normalized spacial score (nSPS) is 11.2. The van der Waals surface area contributed by atoms with Gasteiger partial charge < -0.3 is 18.8 Å². The molecule has 0 amide bonds. The molecular weight excluding hydrogens is 424 g/mol. The minimum atomic E-state index is 0.452. The highest BCUT2D eigenvalue weighted by Crippen LogP contribution is 2.29. The zero-order valence-electron chi connectivity index (χ0n) is 20.6. The first-order valence-corrected chi connectivity index (χ1v) is 12.0. The van der Waals surface area contributed by atoms with Crippen molar-refractivity contribution < 1.29 is 14.2 Å². The Morgan fingerprint density at radius 2 is 1.59 bits per heavy atom. The van der Waals surface area contributed by atoms with E-state index in [2.05, 4.69) is 60.9 Å². The minimum absolute atomic E-state index is 0.452. The maximum atomic E-state index is 6.13. The van der Waals surface area contributed by atoms with Crippen LogP contribution >= 0.6 is 0 Å². The molecule has 0 aliphatic rings. The number of hydrogen-bond acceptors (Lipinski definition) is 4. The van der Waals surface area contributed by atoms with Crippen molar-refractivity contribution in [2.45, 2.75) is 45.6 Å². The van der Waals surface area contributed by atoms with Crippen LogP contribution in [0.2, 0.25) is 0 Å². The predicted octanol–water partition coefficient (Wildman–Crippen LogP) is 6.63. The Morgan fingerprint density at radius 3 is 2.38 bits per heavy atom. The first-order valence-electron chi connectivity index (χ1n) is 12.0. The van der Waals surface area contributed by atoms with E-state index in [-0.39, 0.29) is 0 Å². The Labute approximate surface area is 202 Å². The molecule has 5 heteroatoms. The summed E-state index contributed by atoms with van der Waals surface area (Å²) in [5.41, 5.74) is 4.60. The molecule has 4 rings (SSSR count). The van der Waals surface area contributed by atoms with Crippen LogP contribution in [-0.2, 0) is 13.0 Å². The summed E-state index contributed by atoms with van der Waals surface area (Å²) in [6.07, 6.45) is 2.73. The van der Waals surface area contributed by atoms with Crippen molar-refractivity contribution in [2.75, 3.05) is 20.8 Å². The number of unbranched alkanes of at least 4 members (excludes halogenated alkanes) is 1. The quantitative estimate of drug-likeness (QED) is 0.237. The molecule has 0 aliphatic carbocycles. The van der Waals surface area contributed by atoms with E-state index >= 15 is 0 Å². The van der Waals surface area contributed by atoms with Gasteiger partial charge in [-0.05, 0) is 60.2 Å². The van der Waals surface area contributed by atoms with E-state index in [1.54, 1.807) is 14.2 Å². The van der Waals surface area contributed by atoms with Gasteiger partial charge in [0.05, 0.1) is 31.9 Å². The molecule has 5 nitrogen and oxygen atoms in total. The van der Waals surface area contributed by atoms with E-state index in [1.165, 1.54) is 11.1 Å². The smallest absolute Gasteiger partial charge is 0.161 e. The Bertz CT molecular complexity index is 1230. The van der Waals surface area contributed by atoms with Crippen molar-refractivity contribution in [3.63, 3.8) is 0 Å². The SMILES string of the molecule is COc1ccc(Cc2nc3ccccc3n2CCCCOc2ccccc2C(C)C)cc1OC. The van der Waals surface area contributed by atoms with Crippen LogP contribution in [0, 0.1) is 0 Å². The summed E-state index contributed by atoms with van der Waals surface area (Å²) in [5.74, 6) is 3.98. The predicted molar refractivity (Wildman–Crippen MR) is 137 cm³/mol. The average molecular weight is 459 g/mol. The van der Waals surface area contributed by atoms with Gasteiger partial charge in [-0.2, -0.15) is 0 Å². The molecule has 0 unspecified atom stereocenters. The Balaban J connectivity index is 1.45. The molecule has 178 valence electrons. The van der Waals surface area contributed by atoms with Gasteiger partial charge in [-0.1, -0.05) is 50.2 Å². The number of hydrogen-bond donors (Lipinski definition) is 0. The molecule has 3 aromatic carbocycles. The Hall–Kier alpha value is -3.47. The molecule has 0 saturated carbocycles. The maximum Gasteiger partial charge on any atom is 0.161 e. The van der Waals surface area contributed by atoms with Gasteiger partial charge in [0.15, 0.2) is 11.5 Å². The largest absolute Gasteiger partial charge is 0.493 e.